The quantitative estimate of drug-likeness (QED) is 0.283. The summed E-state index contributed by atoms with van der Waals surface area (Å²) < 4.78 is 38.8. The number of hydrogen-bond acceptors (Lipinski definition) is 4. The maximum absolute atomic E-state index is 11.8. The normalized spacial score (nSPS) is 11.1. The van der Waals surface area contributed by atoms with Crippen molar-refractivity contribution < 1.29 is 74.2 Å². The van der Waals surface area contributed by atoms with Crippen LogP contribution in [0.1, 0.15) is 70.3 Å². The van der Waals surface area contributed by atoms with Crippen molar-refractivity contribution in [1.82, 2.24) is 0 Å². The monoisotopic (exact) mass is 458 g/mol. The van der Waals surface area contributed by atoms with E-state index in [1.54, 1.807) is 24.3 Å². The first-order valence-electron chi connectivity index (χ1n) is 10.5. The average Bonchev–Trinajstić information content (AvgIpc) is 2.67. The third-order valence-electron chi connectivity index (χ3n) is 4.91. The first-order valence-corrected chi connectivity index (χ1v) is 11.9. The molecule has 0 aliphatic carbocycles. The van der Waals surface area contributed by atoms with Gasteiger partial charge in [-0.2, -0.15) is 8.42 Å². The Kier molecular flexibility index (Phi) is 13.5. The van der Waals surface area contributed by atoms with Crippen LogP contribution in [0.25, 0.3) is 0 Å². The minimum Gasteiger partial charge on any atom is -0.872 e. The van der Waals surface area contributed by atoms with Crippen molar-refractivity contribution in [3.8, 4) is 17.2 Å². The standard InChI is InChI=1S/C23H32O5S.K/c1-2-3-4-5-6-7-8-9-10-12-19-15-16-22(18-23(19)29(25,26)27)28-21-14-11-13-20(24)17-21;/h11,13-18,24H,2-10,12H2,1H3,(H,25,26,27);/q;+1/p-1. The molecule has 160 valence electrons. The molecular weight excluding hydrogens is 427 g/mol. The SMILES string of the molecule is CCCCCCCCCCCc1ccc(Oc2cccc([O-])c2)cc1S(=O)(=O)O.[K+]. The van der Waals surface area contributed by atoms with Gasteiger partial charge in [0.1, 0.15) is 16.4 Å². The molecule has 5 nitrogen and oxygen atoms in total. The van der Waals surface area contributed by atoms with Crippen LogP contribution in [0.3, 0.4) is 0 Å². The second-order valence-electron chi connectivity index (χ2n) is 7.40. The molecule has 0 saturated heterocycles. The molecular formula is C23H31KO5S. The summed E-state index contributed by atoms with van der Waals surface area (Å²) >= 11 is 0. The smallest absolute Gasteiger partial charge is 0.872 e. The molecule has 30 heavy (non-hydrogen) atoms. The molecule has 7 heteroatoms. The van der Waals surface area contributed by atoms with E-state index in [4.69, 9.17) is 4.74 Å². The first-order chi connectivity index (χ1) is 13.9. The molecule has 0 atom stereocenters. The Morgan fingerprint density at radius 3 is 2.07 bits per heavy atom. The number of benzene rings is 2. The molecule has 0 fully saturated rings. The van der Waals surface area contributed by atoms with Crippen LogP contribution in [-0.2, 0) is 16.5 Å². The Hall–Kier alpha value is -0.414. The predicted octanol–water partition coefficient (Wildman–Crippen LogP) is 2.88. The van der Waals surface area contributed by atoms with E-state index in [1.165, 1.54) is 56.7 Å². The van der Waals surface area contributed by atoms with Gasteiger partial charge < -0.3 is 9.84 Å². The molecule has 0 spiro atoms. The van der Waals surface area contributed by atoms with Crippen molar-refractivity contribution in [2.24, 2.45) is 0 Å². The van der Waals surface area contributed by atoms with Gasteiger partial charge in [-0.05, 0) is 36.6 Å². The largest absolute Gasteiger partial charge is 1.00 e. The van der Waals surface area contributed by atoms with E-state index in [9.17, 15) is 18.1 Å². The summed E-state index contributed by atoms with van der Waals surface area (Å²) in [6.07, 6.45) is 11.3. The van der Waals surface area contributed by atoms with Gasteiger partial charge in [-0.25, -0.2) is 0 Å². The van der Waals surface area contributed by atoms with Gasteiger partial charge >= 0.3 is 51.4 Å². The number of hydrogen-bond donors (Lipinski definition) is 1. The van der Waals surface area contributed by atoms with Crippen molar-refractivity contribution in [3.63, 3.8) is 0 Å². The molecule has 0 aromatic heterocycles. The zero-order valence-electron chi connectivity index (χ0n) is 18.1. The summed E-state index contributed by atoms with van der Waals surface area (Å²) in [7, 11) is -4.36. The van der Waals surface area contributed by atoms with Gasteiger partial charge in [0.2, 0.25) is 0 Å². The van der Waals surface area contributed by atoms with E-state index in [2.05, 4.69) is 6.92 Å². The summed E-state index contributed by atoms with van der Waals surface area (Å²) in [4.78, 5) is -0.132. The number of ether oxygens (including phenoxy) is 1. The summed E-state index contributed by atoms with van der Waals surface area (Å²) in [6.45, 7) is 2.21. The molecule has 2 aromatic carbocycles. The van der Waals surface area contributed by atoms with Gasteiger partial charge in [-0.3, -0.25) is 4.55 Å². The topological polar surface area (TPSA) is 86.7 Å². The Morgan fingerprint density at radius 2 is 1.47 bits per heavy atom. The Balaban J connectivity index is 0.00000450. The molecule has 2 aromatic rings. The average molecular weight is 459 g/mol. The molecule has 0 saturated carbocycles. The van der Waals surface area contributed by atoms with Crippen LogP contribution in [-0.4, -0.2) is 13.0 Å². The maximum atomic E-state index is 11.8. The van der Waals surface area contributed by atoms with Gasteiger partial charge in [0.25, 0.3) is 10.1 Å². The third kappa shape index (κ3) is 10.3. The van der Waals surface area contributed by atoms with Crippen LogP contribution in [0.4, 0.5) is 0 Å². The Morgan fingerprint density at radius 1 is 0.867 bits per heavy atom. The zero-order valence-corrected chi connectivity index (χ0v) is 22.0. The fourth-order valence-corrected chi connectivity index (χ4v) is 4.11. The van der Waals surface area contributed by atoms with Crippen LogP contribution in [0.15, 0.2) is 47.4 Å². The van der Waals surface area contributed by atoms with Crippen LogP contribution < -0.4 is 61.2 Å². The molecule has 2 rings (SSSR count). The van der Waals surface area contributed by atoms with Gasteiger partial charge in [0.15, 0.2) is 0 Å². The van der Waals surface area contributed by atoms with E-state index in [0.717, 1.165) is 19.3 Å². The van der Waals surface area contributed by atoms with Gasteiger partial charge in [0.05, 0.1) is 0 Å². The minimum atomic E-state index is -4.36. The van der Waals surface area contributed by atoms with E-state index < -0.39 is 10.1 Å². The van der Waals surface area contributed by atoms with Crippen molar-refractivity contribution >= 4 is 10.1 Å². The van der Waals surface area contributed by atoms with Crippen molar-refractivity contribution in [3.05, 3.63) is 48.0 Å². The van der Waals surface area contributed by atoms with Crippen LogP contribution >= 0.6 is 0 Å². The summed E-state index contributed by atoms with van der Waals surface area (Å²) in [5.74, 6) is 0.393. The molecule has 0 bridgehead atoms. The second kappa shape index (κ2) is 14.6. The molecule has 0 aliphatic heterocycles. The summed E-state index contributed by atoms with van der Waals surface area (Å²) in [5, 5.41) is 11.4. The molecule has 0 radical (unpaired) electrons. The van der Waals surface area contributed by atoms with Crippen molar-refractivity contribution in [2.45, 2.75) is 76.0 Å². The molecule has 0 amide bonds. The van der Waals surface area contributed by atoms with E-state index in [0.29, 0.717) is 17.7 Å². The third-order valence-corrected chi connectivity index (χ3v) is 5.84. The second-order valence-corrected chi connectivity index (χ2v) is 8.79. The Bertz CT molecular complexity index is 868. The zero-order chi connectivity index (χ0) is 21.1. The Labute approximate surface area is 223 Å². The van der Waals surface area contributed by atoms with E-state index in [-0.39, 0.29) is 67.8 Å². The summed E-state index contributed by atoms with van der Waals surface area (Å²) in [6, 6.07) is 10.6. The van der Waals surface area contributed by atoms with Crippen LogP contribution in [0.5, 0.6) is 17.2 Å². The maximum Gasteiger partial charge on any atom is 1.00 e. The fraction of sp³-hybridized carbons (Fsp3) is 0.478. The minimum absolute atomic E-state index is 0. The predicted molar refractivity (Wildman–Crippen MR) is 113 cm³/mol. The van der Waals surface area contributed by atoms with E-state index >= 15 is 0 Å². The van der Waals surface area contributed by atoms with Crippen molar-refractivity contribution in [2.75, 3.05) is 0 Å². The molecule has 0 unspecified atom stereocenters. The fourth-order valence-electron chi connectivity index (χ4n) is 3.34. The number of rotatable bonds is 13. The van der Waals surface area contributed by atoms with Gasteiger partial charge in [-0.1, -0.05) is 76.5 Å². The van der Waals surface area contributed by atoms with E-state index in [1.807, 2.05) is 0 Å². The van der Waals surface area contributed by atoms with Crippen molar-refractivity contribution in [1.29, 1.82) is 0 Å². The number of unbranched alkanes of at least 4 members (excludes halogenated alkanes) is 8. The van der Waals surface area contributed by atoms with Crippen LogP contribution in [0.2, 0.25) is 0 Å². The summed E-state index contributed by atoms with van der Waals surface area (Å²) in [5.41, 5.74) is 0.584. The van der Waals surface area contributed by atoms with Crippen LogP contribution in [0, 0.1) is 0 Å². The molecule has 0 heterocycles. The van der Waals surface area contributed by atoms with Gasteiger partial charge in [0, 0.05) is 6.07 Å². The molecule has 1 N–H and O–H groups in total. The first kappa shape index (κ1) is 27.6. The molecule has 0 aliphatic rings. The number of aryl methyl sites for hydroxylation is 1. The van der Waals surface area contributed by atoms with Gasteiger partial charge in [-0.15, -0.1) is 5.75 Å².